The maximum atomic E-state index is 12.1. The van der Waals surface area contributed by atoms with Crippen molar-refractivity contribution < 1.29 is 23.9 Å². The van der Waals surface area contributed by atoms with Gasteiger partial charge >= 0.3 is 11.9 Å². The lowest BCUT2D eigenvalue weighted by atomic mass is 9.89. The van der Waals surface area contributed by atoms with Gasteiger partial charge < -0.3 is 9.47 Å². The van der Waals surface area contributed by atoms with Gasteiger partial charge in [-0.05, 0) is 33.6 Å². The quantitative estimate of drug-likeness (QED) is 0.562. The first-order valence-electron chi connectivity index (χ1n) is 6.73. The van der Waals surface area contributed by atoms with Crippen molar-refractivity contribution in [2.45, 2.75) is 58.2 Å². The number of ether oxygens (including phenoxy) is 2. The molecule has 2 rings (SSSR count). The molecule has 1 heterocycles. The summed E-state index contributed by atoms with van der Waals surface area (Å²) in [7, 11) is 0. The minimum atomic E-state index is -0.768. The third-order valence-corrected chi connectivity index (χ3v) is 3.55. The van der Waals surface area contributed by atoms with Crippen molar-refractivity contribution in [3.8, 4) is 0 Å². The van der Waals surface area contributed by atoms with Gasteiger partial charge in [-0.15, -0.1) is 0 Å². The molecule has 0 N–H and O–H groups in total. The summed E-state index contributed by atoms with van der Waals surface area (Å²) < 4.78 is 10.5. The van der Waals surface area contributed by atoms with E-state index in [1.165, 1.54) is 0 Å². The number of Topliss-reactive ketones (excluding diaryl/α,β-unsaturated/α-hetero) is 1. The van der Waals surface area contributed by atoms with E-state index in [9.17, 15) is 14.4 Å². The molecular formula is C14H20O5. The summed E-state index contributed by atoms with van der Waals surface area (Å²) in [6.07, 6.45) is 1.62. The summed E-state index contributed by atoms with van der Waals surface area (Å²) in [5.41, 5.74) is -0.614. The Morgan fingerprint density at radius 1 is 1.21 bits per heavy atom. The molecule has 0 radical (unpaired) electrons. The number of carbonyl (C=O) groups excluding carboxylic acids is 3. The molecule has 0 spiro atoms. The lowest BCUT2D eigenvalue weighted by Gasteiger charge is -2.26. The fourth-order valence-electron chi connectivity index (χ4n) is 2.79. The average Bonchev–Trinajstić information content (AvgIpc) is 2.81. The first-order valence-corrected chi connectivity index (χ1v) is 6.73. The first-order chi connectivity index (χ1) is 8.78. The average molecular weight is 268 g/mol. The molecule has 106 valence electrons. The number of rotatable bonds is 2. The van der Waals surface area contributed by atoms with Gasteiger partial charge in [0.25, 0.3) is 0 Å². The van der Waals surface area contributed by atoms with Crippen LogP contribution >= 0.6 is 0 Å². The van der Waals surface area contributed by atoms with Crippen LogP contribution in [0.4, 0.5) is 0 Å². The van der Waals surface area contributed by atoms with Crippen molar-refractivity contribution in [3.63, 3.8) is 0 Å². The van der Waals surface area contributed by atoms with E-state index >= 15 is 0 Å². The number of hydrogen-bond acceptors (Lipinski definition) is 5. The third-order valence-electron chi connectivity index (χ3n) is 3.55. The number of ketones is 1. The van der Waals surface area contributed by atoms with E-state index in [1.54, 1.807) is 20.8 Å². The normalized spacial score (nSPS) is 31.4. The standard InChI is InChI=1S/C14H20O5/c1-14(2,3)19-13(17)12-8(4-5-9(12)15)10-6-7-11(16)18-10/h8,10,12H,4-7H2,1-3H3/t8-,10-,12?/m0/s1. The van der Waals surface area contributed by atoms with Gasteiger partial charge in [0, 0.05) is 18.8 Å². The van der Waals surface area contributed by atoms with Crippen molar-refractivity contribution in [1.29, 1.82) is 0 Å². The van der Waals surface area contributed by atoms with Crippen LogP contribution < -0.4 is 0 Å². The maximum absolute atomic E-state index is 12.1. The number of hydrogen-bond donors (Lipinski definition) is 0. The van der Waals surface area contributed by atoms with Crippen LogP contribution in [-0.4, -0.2) is 29.4 Å². The second kappa shape index (κ2) is 4.94. The lowest BCUT2D eigenvalue weighted by Crippen LogP contribution is -2.37. The molecule has 1 saturated carbocycles. The molecule has 0 aromatic rings. The largest absolute Gasteiger partial charge is 0.462 e. The van der Waals surface area contributed by atoms with Crippen molar-refractivity contribution in [3.05, 3.63) is 0 Å². The Morgan fingerprint density at radius 3 is 2.42 bits per heavy atom. The first kappa shape index (κ1) is 14.0. The van der Waals surface area contributed by atoms with Crippen LogP contribution in [0, 0.1) is 11.8 Å². The second-order valence-corrected chi connectivity index (χ2v) is 6.25. The summed E-state index contributed by atoms with van der Waals surface area (Å²) in [4.78, 5) is 35.2. The van der Waals surface area contributed by atoms with Crippen LogP contribution in [0.3, 0.4) is 0 Å². The van der Waals surface area contributed by atoms with Crippen molar-refractivity contribution in [2.24, 2.45) is 11.8 Å². The summed E-state index contributed by atoms with van der Waals surface area (Å²) in [5, 5.41) is 0. The van der Waals surface area contributed by atoms with Crippen LogP contribution in [-0.2, 0) is 23.9 Å². The van der Waals surface area contributed by atoms with Gasteiger partial charge in [0.1, 0.15) is 23.4 Å². The van der Waals surface area contributed by atoms with E-state index < -0.39 is 17.5 Å². The minimum absolute atomic E-state index is 0.0952. The van der Waals surface area contributed by atoms with Crippen molar-refractivity contribution >= 4 is 17.7 Å². The molecule has 2 fully saturated rings. The summed E-state index contributed by atoms with van der Waals surface area (Å²) >= 11 is 0. The molecule has 1 aliphatic carbocycles. The Hall–Kier alpha value is -1.39. The van der Waals surface area contributed by atoms with Crippen LogP contribution in [0.5, 0.6) is 0 Å². The van der Waals surface area contributed by atoms with Crippen LogP contribution in [0.25, 0.3) is 0 Å². The number of esters is 2. The Labute approximate surface area is 112 Å². The van der Waals surface area contributed by atoms with E-state index in [1.807, 2.05) is 0 Å². The fourth-order valence-corrected chi connectivity index (χ4v) is 2.79. The minimum Gasteiger partial charge on any atom is -0.462 e. The predicted molar refractivity (Wildman–Crippen MR) is 66.2 cm³/mol. The molecule has 0 aromatic heterocycles. The molecule has 0 aromatic carbocycles. The third kappa shape index (κ3) is 3.14. The van der Waals surface area contributed by atoms with Gasteiger partial charge in [0.15, 0.2) is 0 Å². The molecule has 3 atom stereocenters. The lowest BCUT2D eigenvalue weighted by molar-refractivity contribution is -0.166. The van der Waals surface area contributed by atoms with Crippen LogP contribution in [0.2, 0.25) is 0 Å². The molecule has 1 saturated heterocycles. The maximum Gasteiger partial charge on any atom is 0.317 e. The molecule has 1 unspecified atom stereocenters. The van der Waals surface area contributed by atoms with E-state index in [0.717, 1.165) is 0 Å². The molecule has 2 aliphatic rings. The zero-order chi connectivity index (χ0) is 14.2. The highest BCUT2D eigenvalue weighted by molar-refractivity contribution is 6.01. The summed E-state index contributed by atoms with van der Waals surface area (Å²) in [5.74, 6) is -1.80. The second-order valence-electron chi connectivity index (χ2n) is 6.25. The van der Waals surface area contributed by atoms with Crippen LogP contribution in [0.15, 0.2) is 0 Å². The Balaban J connectivity index is 2.09. The molecular weight excluding hydrogens is 248 g/mol. The highest BCUT2D eigenvalue weighted by Gasteiger charge is 2.48. The van der Waals surface area contributed by atoms with E-state index in [0.29, 0.717) is 25.7 Å². The smallest absolute Gasteiger partial charge is 0.317 e. The Kier molecular flexibility index (Phi) is 3.65. The molecule has 0 amide bonds. The van der Waals surface area contributed by atoms with Crippen molar-refractivity contribution in [1.82, 2.24) is 0 Å². The van der Waals surface area contributed by atoms with E-state index in [2.05, 4.69) is 0 Å². The molecule has 5 heteroatoms. The van der Waals surface area contributed by atoms with Gasteiger partial charge in [-0.2, -0.15) is 0 Å². The van der Waals surface area contributed by atoms with E-state index in [4.69, 9.17) is 9.47 Å². The fraction of sp³-hybridized carbons (Fsp3) is 0.786. The zero-order valence-electron chi connectivity index (χ0n) is 11.6. The van der Waals surface area contributed by atoms with Gasteiger partial charge in [-0.3, -0.25) is 14.4 Å². The zero-order valence-corrected chi connectivity index (χ0v) is 11.6. The predicted octanol–water partition coefficient (Wildman–Crippen LogP) is 1.63. The topological polar surface area (TPSA) is 69.7 Å². The SMILES string of the molecule is CC(C)(C)OC(=O)C1C(=O)CC[C@H]1[C@@H]1CCC(=O)O1. The molecule has 1 aliphatic heterocycles. The monoisotopic (exact) mass is 268 g/mol. The molecule has 5 nitrogen and oxygen atoms in total. The highest BCUT2D eigenvalue weighted by atomic mass is 16.6. The van der Waals surface area contributed by atoms with Gasteiger partial charge in [-0.25, -0.2) is 0 Å². The Morgan fingerprint density at radius 2 is 1.89 bits per heavy atom. The van der Waals surface area contributed by atoms with Crippen LogP contribution in [0.1, 0.15) is 46.5 Å². The molecule has 19 heavy (non-hydrogen) atoms. The Bertz CT molecular complexity index is 407. The highest BCUT2D eigenvalue weighted by Crippen LogP contribution is 2.38. The number of carbonyl (C=O) groups is 3. The van der Waals surface area contributed by atoms with Gasteiger partial charge in [-0.1, -0.05) is 0 Å². The van der Waals surface area contributed by atoms with Crippen molar-refractivity contribution in [2.75, 3.05) is 0 Å². The van der Waals surface area contributed by atoms with Gasteiger partial charge in [0.2, 0.25) is 0 Å². The summed E-state index contributed by atoms with van der Waals surface area (Å²) in [6, 6.07) is 0. The van der Waals surface area contributed by atoms with E-state index in [-0.39, 0.29) is 23.8 Å². The summed E-state index contributed by atoms with van der Waals surface area (Å²) in [6.45, 7) is 5.32. The van der Waals surface area contributed by atoms with Gasteiger partial charge in [0.05, 0.1) is 0 Å². The number of cyclic esters (lactones) is 1. The molecule has 0 bridgehead atoms.